The van der Waals surface area contributed by atoms with E-state index in [-0.39, 0.29) is 5.57 Å². The van der Waals surface area contributed by atoms with Gasteiger partial charge in [-0.05, 0) is 12.5 Å². The van der Waals surface area contributed by atoms with Gasteiger partial charge in [-0.3, -0.25) is 0 Å². The van der Waals surface area contributed by atoms with Crippen LogP contribution in [-0.4, -0.2) is 11.1 Å². The van der Waals surface area contributed by atoms with Crippen LogP contribution in [0.5, 0.6) is 0 Å². The van der Waals surface area contributed by atoms with E-state index >= 15 is 0 Å². The lowest BCUT2D eigenvalue weighted by Crippen LogP contribution is -2.10. The molecule has 1 N–H and O–H groups in total. The van der Waals surface area contributed by atoms with Crippen molar-refractivity contribution in [1.29, 1.82) is 0 Å². The Bertz CT molecular complexity index is 338. The van der Waals surface area contributed by atoms with E-state index < -0.39 is 11.7 Å². The highest BCUT2D eigenvalue weighted by Crippen LogP contribution is 2.11. The molecule has 3 heteroatoms. The van der Waals surface area contributed by atoms with Crippen molar-refractivity contribution >= 4 is 11.7 Å². The van der Waals surface area contributed by atoms with E-state index in [9.17, 15) is 9.90 Å². The number of rotatable bonds is 2. The van der Waals surface area contributed by atoms with E-state index in [2.05, 4.69) is 0 Å². The molecule has 0 aliphatic carbocycles. The fourth-order valence-electron chi connectivity index (χ4n) is 0.903. The summed E-state index contributed by atoms with van der Waals surface area (Å²) in [4.78, 5) is 10.5. The largest absolute Gasteiger partial charge is 0.872 e. The van der Waals surface area contributed by atoms with Crippen molar-refractivity contribution in [1.82, 2.24) is 0 Å². The quantitative estimate of drug-likeness (QED) is 0.538. The van der Waals surface area contributed by atoms with Crippen LogP contribution in [0, 0.1) is 0 Å². The zero-order valence-corrected chi connectivity index (χ0v) is 7.15. The first-order valence-electron chi connectivity index (χ1n) is 3.79. The van der Waals surface area contributed by atoms with Crippen molar-refractivity contribution in [2.45, 2.75) is 6.92 Å². The van der Waals surface area contributed by atoms with Gasteiger partial charge in [-0.2, -0.15) is 0 Å². The Hall–Kier alpha value is -1.77. The summed E-state index contributed by atoms with van der Waals surface area (Å²) in [6.45, 7) is 1.30. The van der Waals surface area contributed by atoms with Crippen LogP contribution in [0.15, 0.2) is 35.9 Å². The summed E-state index contributed by atoms with van der Waals surface area (Å²) >= 11 is 0. The van der Waals surface area contributed by atoms with E-state index in [1.54, 1.807) is 30.3 Å². The zero-order chi connectivity index (χ0) is 9.84. The SMILES string of the molecule is C/C(C(=O)O)=C(\[O-])c1ccccc1. The van der Waals surface area contributed by atoms with Gasteiger partial charge in [0.15, 0.2) is 0 Å². The first kappa shape index (κ1) is 9.32. The highest BCUT2D eigenvalue weighted by atomic mass is 16.4. The molecule has 1 rings (SSSR count). The maximum atomic E-state index is 11.4. The maximum absolute atomic E-state index is 11.4. The van der Waals surface area contributed by atoms with E-state index in [4.69, 9.17) is 5.11 Å². The molecular weight excluding hydrogens is 168 g/mol. The Balaban J connectivity index is 3.11. The van der Waals surface area contributed by atoms with Gasteiger partial charge >= 0.3 is 5.97 Å². The van der Waals surface area contributed by atoms with Crippen LogP contribution < -0.4 is 5.11 Å². The molecule has 0 saturated carbocycles. The van der Waals surface area contributed by atoms with Crippen molar-refractivity contribution in [3.05, 3.63) is 41.5 Å². The van der Waals surface area contributed by atoms with Crippen LogP contribution in [0.4, 0.5) is 0 Å². The van der Waals surface area contributed by atoms with Gasteiger partial charge in [0.05, 0.1) is 0 Å². The third-order valence-corrected chi connectivity index (χ3v) is 1.70. The van der Waals surface area contributed by atoms with E-state index in [1.807, 2.05) is 0 Å². The van der Waals surface area contributed by atoms with Gasteiger partial charge in [-0.15, -0.1) is 0 Å². The molecule has 3 nitrogen and oxygen atoms in total. The normalized spacial score (nSPS) is 12.1. The van der Waals surface area contributed by atoms with Crippen molar-refractivity contribution < 1.29 is 15.0 Å². The van der Waals surface area contributed by atoms with Crippen molar-refractivity contribution in [2.75, 3.05) is 0 Å². The third-order valence-electron chi connectivity index (χ3n) is 1.70. The molecule has 0 spiro atoms. The summed E-state index contributed by atoms with van der Waals surface area (Å²) in [6.07, 6.45) is 0. The highest BCUT2D eigenvalue weighted by molar-refractivity contribution is 5.93. The van der Waals surface area contributed by atoms with Crippen LogP contribution in [0.3, 0.4) is 0 Å². The molecule has 13 heavy (non-hydrogen) atoms. The Kier molecular flexibility index (Phi) is 2.69. The lowest BCUT2D eigenvalue weighted by molar-refractivity contribution is -0.245. The van der Waals surface area contributed by atoms with Gasteiger partial charge in [0.2, 0.25) is 0 Å². The number of hydrogen-bond acceptors (Lipinski definition) is 2. The molecule has 0 aromatic heterocycles. The van der Waals surface area contributed by atoms with Crippen LogP contribution in [0.1, 0.15) is 12.5 Å². The minimum atomic E-state index is -1.17. The second kappa shape index (κ2) is 3.76. The van der Waals surface area contributed by atoms with Crippen molar-refractivity contribution in [3.63, 3.8) is 0 Å². The first-order valence-corrected chi connectivity index (χ1v) is 3.79. The van der Waals surface area contributed by atoms with Gasteiger partial charge in [0.25, 0.3) is 0 Å². The average molecular weight is 177 g/mol. The molecule has 0 radical (unpaired) electrons. The summed E-state index contributed by atoms with van der Waals surface area (Å²) in [7, 11) is 0. The first-order chi connectivity index (χ1) is 6.13. The Labute approximate surface area is 76.0 Å². The molecule has 0 atom stereocenters. The average Bonchev–Trinajstić information content (AvgIpc) is 2.17. The fourth-order valence-corrected chi connectivity index (χ4v) is 0.903. The maximum Gasteiger partial charge on any atom is 0.330 e. The number of aliphatic carboxylic acids is 1. The predicted molar refractivity (Wildman–Crippen MR) is 46.7 cm³/mol. The van der Waals surface area contributed by atoms with Gasteiger partial charge in [0.1, 0.15) is 0 Å². The topological polar surface area (TPSA) is 60.4 Å². The predicted octanol–water partition coefficient (Wildman–Crippen LogP) is 0.863. The Morgan fingerprint density at radius 1 is 1.31 bits per heavy atom. The Morgan fingerprint density at radius 2 is 1.85 bits per heavy atom. The van der Waals surface area contributed by atoms with Gasteiger partial charge in [-0.25, -0.2) is 4.79 Å². The third kappa shape index (κ3) is 2.08. The minimum Gasteiger partial charge on any atom is -0.872 e. The van der Waals surface area contributed by atoms with Gasteiger partial charge in [-0.1, -0.05) is 36.1 Å². The van der Waals surface area contributed by atoms with Crippen molar-refractivity contribution in [2.24, 2.45) is 0 Å². The zero-order valence-electron chi connectivity index (χ0n) is 7.15. The second-order valence-electron chi connectivity index (χ2n) is 2.63. The molecule has 0 aliphatic heterocycles. The van der Waals surface area contributed by atoms with E-state index in [1.165, 1.54) is 6.92 Å². The standard InChI is InChI=1S/C10H10O3/c1-7(10(12)13)9(11)8-5-3-2-4-6-8/h2-6,11H,1H3,(H,12,13)/p-1/b9-7+. The van der Waals surface area contributed by atoms with Crippen LogP contribution >= 0.6 is 0 Å². The van der Waals surface area contributed by atoms with Crippen molar-refractivity contribution in [3.8, 4) is 0 Å². The lowest BCUT2D eigenvalue weighted by Gasteiger charge is -2.13. The highest BCUT2D eigenvalue weighted by Gasteiger charge is 2.01. The molecule has 0 heterocycles. The summed E-state index contributed by atoms with van der Waals surface area (Å²) in [5.41, 5.74) is 0.244. The van der Waals surface area contributed by atoms with Gasteiger partial charge < -0.3 is 10.2 Å². The molecular formula is C10H9O3-. The van der Waals surface area contributed by atoms with Crippen LogP contribution in [-0.2, 0) is 4.79 Å². The monoisotopic (exact) mass is 177 g/mol. The van der Waals surface area contributed by atoms with Crippen LogP contribution in [0.25, 0.3) is 5.76 Å². The molecule has 0 bridgehead atoms. The molecule has 0 unspecified atom stereocenters. The second-order valence-corrected chi connectivity index (χ2v) is 2.63. The van der Waals surface area contributed by atoms with E-state index in [0.29, 0.717) is 5.56 Å². The number of carboxylic acid groups (broad SMARTS) is 1. The molecule has 1 aromatic rings. The van der Waals surface area contributed by atoms with Gasteiger partial charge in [0, 0.05) is 5.57 Å². The molecule has 1 aromatic carbocycles. The van der Waals surface area contributed by atoms with E-state index in [0.717, 1.165) is 0 Å². The summed E-state index contributed by atoms with van der Waals surface area (Å²) < 4.78 is 0. The molecule has 0 aliphatic rings. The molecule has 68 valence electrons. The number of hydrogen-bond donors (Lipinski definition) is 1. The number of carboxylic acids is 1. The Morgan fingerprint density at radius 3 is 2.31 bits per heavy atom. The lowest BCUT2D eigenvalue weighted by atomic mass is 10.1. The summed E-state index contributed by atoms with van der Waals surface area (Å²) in [5.74, 6) is -1.61. The molecule has 0 amide bonds. The van der Waals surface area contributed by atoms with Crippen LogP contribution in [0.2, 0.25) is 0 Å². The smallest absolute Gasteiger partial charge is 0.330 e. The number of benzene rings is 1. The summed E-state index contributed by atoms with van der Waals surface area (Å²) in [5, 5.41) is 19.9. The number of carbonyl (C=O) groups is 1. The fraction of sp³-hybridized carbons (Fsp3) is 0.100. The molecule has 0 fully saturated rings. The molecule has 0 saturated heterocycles. The minimum absolute atomic E-state index is 0.161. The summed E-state index contributed by atoms with van der Waals surface area (Å²) in [6, 6.07) is 8.35.